The molecule has 0 aliphatic carbocycles. The van der Waals surface area contributed by atoms with Crippen LogP contribution in [0.25, 0.3) is 11.0 Å². The third kappa shape index (κ3) is 3.94. The number of H-pyrrole nitrogens is 1. The number of nitrogens with one attached hydrogen (secondary N) is 3. The van der Waals surface area contributed by atoms with E-state index in [9.17, 15) is 22.4 Å². The topological polar surface area (TPSA) is 134 Å². The van der Waals surface area contributed by atoms with Crippen molar-refractivity contribution in [2.24, 2.45) is 0 Å². The van der Waals surface area contributed by atoms with E-state index in [4.69, 9.17) is 0 Å². The monoisotopic (exact) mass is 417 g/mol. The molecule has 9 nitrogen and oxygen atoms in total. The van der Waals surface area contributed by atoms with E-state index < -0.39 is 39.6 Å². The second-order valence-corrected chi connectivity index (χ2v) is 8.90. The summed E-state index contributed by atoms with van der Waals surface area (Å²) in [7, 11) is -3.49. The Balaban J connectivity index is 1.52. The highest BCUT2D eigenvalue weighted by molar-refractivity contribution is 7.91. The number of carbonyl (C=O) groups is 2. The van der Waals surface area contributed by atoms with Crippen molar-refractivity contribution < 1.29 is 22.4 Å². The summed E-state index contributed by atoms with van der Waals surface area (Å²) in [5.41, 5.74) is 1.15. The minimum absolute atomic E-state index is 0.196. The zero-order valence-electron chi connectivity index (χ0n) is 14.9. The fourth-order valence-corrected chi connectivity index (χ4v) is 5.12. The van der Waals surface area contributed by atoms with Gasteiger partial charge in [0.2, 0.25) is 0 Å². The van der Waals surface area contributed by atoms with Crippen LogP contribution in [0.1, 0.15) is 20.7 Å². The van der Waals surface area contributed by atoms with Gasteiger partial charge in [0.15, 0.2) is 9.84 Å². The molecular formula is C18H16FN5O4S. The lowest BCUT2D eigenvalue weighted by molar-refractivity contribution is 0.0894. The molecule has 4 rings (SSSR count). The van der Waals surface area contributed by atoms with Gasteiger partial charge in [-0.15, -0.1) is 0 Å². The summed E-state index contributed by atoms with van der Waals surface area (Å²) in [5, 5.41) is 15.4. The number of aromatic amines is 1. The number of hydrogen-bond donors (Lipinski definition) is 3. The molecule has 150 valence electrons. The Kier molecular flexibility index (Phi) is 4.74. The predicted molar refractivity (Wildman–Crippen MR) is 101 cm³/mol. The zero-order valence-corrected chi connectivity index (χ0v) is 15.7. The Labute approximate surface area is 164 Å². The van der Waals surface area contributed by atoms with Crippen LogP contribution in [0.4, 0.5) is 4.39 Å². The minimum Gasteiger partial charge on any atom is -0.346 e. The van der Waals surface area contributed by atoms with E-state index in [1.807, 2.05) is 0 Å². The lowest BCUT2D eigenvalue weighted by Gasteiger charge is -2.21. The molecule has 0 radical (unpaired) electrons. The number of aromatic nitrogens is 3. The standard InChI is InChI=1S/C18H16FN5O4S/c19-12-4-2-1-3-11(12)18(26)21-16-9-29(27,28)8-15(16)20-17(25)10-5-6-13-14(7-10)23-24-22-13/h1-7,15-16H,8-9H2,(H,20,25)(H,21,26)(H,22,23,24)/t15-,16-/m1/s1. The highest BCUT2D eigenvalue weighted by atomic mass is 32.2. The molecule has 2 atom stereocenters. The number of fused-ring (bicyclic) bond motifs is 1. The summed E-state index contributed by atoms with van der Waals surface area (Å²) >= 11 is 0. The number of sulfone groups is 1. The first-order valence-electron chi connectivity index (χ1n) is 8.69. The molecule has 0 saturated carbocycles. The summed E-state index contributed by atoms with van der Waals surface area (Å²) in [6.45, 7) is 0. The zero-order chi connectivity index (χ0) is 20.6. The Morgan fingerprint density at radius 3 is 2.34 bits per heavy atom. The molecule has 0 unspecified atom stereocenters. The molecule has 1 aliphatic heterocycles. The van der Waals surface area contributed by atoms with Crippen molar-refractivity contribution >= 4 is 32.7 Å². The molecule has 1 aliphatic rings. The third-order valence-corrected chi connectivity index (χ3v) is 6.42. The van der Waals surface area contributed by atoms with Crippen LogP contribution in [0, 0.1) is 5.82 Å². The fourth-order valence-electron chi connectivity index (χ4n) is 3.26. The van der Waals surface area contributed by atoms with E-state index in [0.717, 1.165) is 6.07 Å². The first kappa shape index (κ1) is 19.0. The molecule has 3 N–H and O–H groups in total. The van der Waals surface area contributed by atoms with Crippen molar-refractivity contribution in [3.05, 3.63) is 59.4 Å². The van der Waals surface area contributed by atoms with E-state index in [1.165, 1.54) is 30.3 Å². The molecule has 2 heterocycles. The number of hydrogen-bond acceptors (Lipinski definition) is 6. The summed E-state index contributed by atoms with van der Waals surface area (Å²) in [5.74, 6) is -2.64. The van der Waals surface area contributed by atoms with Gasteiger partial charge in [-0.3, -0.25) is 9.59 Å². The van der Waals surface area contributed by atoms with Gasteiger partial charge in [0.25, 0.3) is 11.8 Å². The third-order valence-electron chi connectivity index (χ3n) is 4.68. The number of rotatable bonds is 4. The van der Waals surface area contributed by atoms with E-state index in [1.54, 1.807) is 6.07 Å². The van der Waals surface area contributed by atoms with Gasteiger partial charge in [0, 0.05) is 5.56 Å². The summed E-state index contributed by atoms with van der Waals surface area (Å²) in [6.07, 6.45) is 0. The van der Waals surface area contributed by atoms with Crippen molar-refractivity contribution in [1.82, 2.24) is 26.0 Å². The Bertz CT molecular complexity index is 1210. The molecule has 29 heavy (non-hydrogen) atoms. The van der Waals surface area contributed by atoms with Crippen molar-refractivity contribution in [2.45, 2.75) is 12.1 Å². The number of halogens is 1. The largest absolute Gasteiger partial charge is 0.346 e. The number of nitrogens with zero attached hydrogens (tertiary/aromatic N) is 2. The molecule has 11 heteroatoms. The van der Waals surface area contributed by atoms with Gasteiger partial charge in [0.05, 0.1) is 29.2 Å². The average molecular weight is 417 g/mol. The maximum absolute atomic E-state index is 13.8. The quantitative estimate of drug-likeness (QED) is 0.563. The Morgan fingerprint density at radius 1 is 0.966 bits per heavy atom. The van der Waals surface area contributed by atoms with Gasteiger partial charge in [0.1, 0.15) is 16.9 Å². The van der Waals surface area contributed by atoms with Crippen molar-refractivity contribution in [1.29, 1.82) is 0 Å². The molecule has 0 bridgehead atoms. The van der Waals surface area contributed by atoms with Crippen LogP contribution >= 0.6 is 0 Å². The first-order chi connectivity index (χ1) is 13.8. The van der Waals surface area contributed by atoms with Crippen molar-refractivity contribution in [3.8, 4) is 0 Å². The summed E-state index contributed by atoms with van der Waals surface area (Å²) < 4.78 is 38.0. The van der Waals surface area contributed by atoms with Crippen LogP contribution in [0.3, 0.4) is 0 Å². The first-order valence-corrected chi connectivity index (χ1v) is 10.5. The predicted octanol–water partition coefficient (Wildman–Crippen LogP) is 0.422. The van der Waals surface area contributed by atoms with Crippen LogP contribution in [-0.4, -0.2) is 59.2 Å². The van der Waals surface area contributed by atoms with Gasteiger partial charge >= 0.3 is 0 Å². The number of benzene rings is 2. The highest BCUT2D eigenvalue weighted by Gasteiger charge is 2.39. The van der Waals surface area contributed by atoms with Gasteiger partial charge < -0.3 is 10.6 Å². The SMILES string of the molecule is O=C(N[C@@H]1CS(=O)(=O)C[C@H]1NC(=O)c1ccccc1F)c1ccc2n[nH]nc2c1. The molecule has 0 spiro atoms. The molecule has 3 aromatic rings. The number of amides is 2. The van der Waals surface area contributed by atoms with Gasteiger partial charge in [-0.2, -0.15) is 15.4 Å². The lowest BCUT2D eigenvalue weighted by Crippen LogP contribution is -2.51. The minimum atomic E-state index is -3.49. The number of carbonyl (C=O) groups excluding carboxylic acids is 2. The van der Waals surface area contributed by atoms with Crippen LogP contribution in [0.2, 0.25) is 0 Å². The Morgan fingerprint density at radius 2 is 1.62 bits per heavy atom. The van der Waals surface area contributed by atoms with Crippen LogP contribution < -0.4 is 10.6 Å². The molecule has 1 aromatic heterocycles. The van der Waals surface area contributed by atoms with Gasteiger partial charge in [-0.05, 0) is 30.3 Å². The molecular weight excluding hydrogens is 401 g/mol. The maximum atomic E-state index is 13.8. The second kappa shape index (κ2) is 7.24. The second-order valence-electron chi connectivity index (χ2n) is 6.74. The van der Waals surface area contributed by atoms with E-state index >= 15 is 0 Å². The van der Waals surface area contributed by atoms with E-state index in [0.29, 0.717) is 11.0 Å². The van der Waals surface area contributed by atoms with Crippen LogP contribution in [0.15, 0.2) is 42.5 Å². The average Bonchev–Trinajstić information content (AvgIpc) is 3.24. The van der Waals surface area contributed by atoms with Gasteiger partial charge in [-0.25, -0.2) is 12.8 Å². The molecule has 2 amide bonds. The smallest absolute Gasteiger partial charge is 0.254 e. The fraction of sp³-hybridized carbons (Fsp3) is 0.222. The summed E-state index contributed by atoms with van der Waals surface area (Å²) in [6, 6.07) is 8.32. The van der Waals surface area contributed by atoms with E-state index in [2.05, 4.69) is 26.0 Å². The molecule has 2 aromatic carbocycles. The van der Waals surface area contributed by atoms with Crippen LogP contribution in [0.5, 0.6) is 0 Å². The van der Waals surface area contributed by atoms with Gasteiger partial charge in [-0.1, -0.05) is 12.1 Å². The lowest BCUT2D eigenvalue weighted by atomic mass is 10.1. The van der Waals surface area contributed by atoms with Crippen molar-refractivity contribution in [2.75, 3.05) is 11.5 Å². The Hall–Kier alpha value is -3.34. The van der Waals surface area contributed by atoms with Crippen LogP contribution in [-0.2, 0) is 9.84 Å². The maximum Gasteiger partial charge on any atom is 0.254 e. The summed E-state index contributed by atoms with van der Waals surface area (Å²) in [4.78, 5) is 25.0. The molecule has 1 fully saturated rings. The van der Waals surface area contributed by atoms with E-state index in [-0.39, 0.29) is 22.6 Å². The molecule has 1 saturated heterocycles. The highest BCUT2D eigenvalue weighted by Crippen LogP contribution is 2.16. The normalized spacial score (nSPS) is 20.4. The van der Waals surface area contributed by atoms with Crippen molar-refractivity contribution in [3.63, 3.8) is 0 Å².